The monoisotopic (exact) mass is 469 g/mol. The number of hydrogen-bond donors (Lipinski definition) is 3. The molecule has 3 aromatic rings. The van der Waals surface area contributed by atoms with Crippen LogP contribution in [0.4, 0.5) is 30.2 Å². The Hall–Kier alpha value is -4.27. The van der Waals surface area contributed by atoms with Gasteiger partial charge in [0.05, 0.1) is 12.1 Å². The van der Waals surface area contributed by atoms with Gasteiger partial charge in [0, 0.05) is 28.7 Å². The van der Waals surface area contributed by atoms with Crippen molar-refractivity contribution in [1.29, 1.82) is 0 Å². The van der Waals surface area contributed by atoms with Gasteiger partial charge in [-0.2, -0.15) is 13.2 Å². The lowest BCUT2D eigenvalue weighted by molar-refractivity contribution is -0.137. The van der Waals surface area contributed by atoms with Gasteiger partial charge in [0.2, 0.25) is 5.91 Å². The summed E-state index contributed by atoms with van der Waals surface area (Å²) in [5, 5.41) is 8.09. The Bertz CT molecular complexity index is 1180. The van der Waals surface area contributed by atoms with Crippen molar-refractivity contribution >= 4 is 28.9 Å². The molecule has 176 valence electrons. The second-order valence-electron chi connectivity index (χ2n) is 7.14. The summed E-state index contributed by atoms with van der Waals surface area (Å²) in [6.45, 7) is 3.91. The molecule has 0 atom stereocenters. The van der Waals surface area contributed by atoms with E-state index in [0.29, 0.717) is 23.7 Å². The molecule has 0 aromatic heterocycles. The predicted molar refractivity (Wildman–Crippen MR) is 125 cm³/mol. The Morgan fingerprint density at radius 1 is 0.882 bits per heavy atom. The van der Waals surface area contributed by atoms with Crippen LogP contribution in [0.2, 0.25) is 0 Å². The number of ether oxygens (including phenoxy) is 1. The molecule has 0 bridgehead atoms. The summed E-state index contributed by atoms with van der Waals surface area (Å²) in [6.07, 6.45) is -2.89. The molecule has 0 fully saturated rings. The molecular weight excluding hydrogens is 447 g/mol. The number of hydrogen-bond acceptors (Lipinski definition) is 4. The predicted octanol–water partition coefficient (Wildman–Crippen LogP) is 5.57. The molecular formula is C25H22F3N3O3. The fraction of sp³-hybridized carbons (Fsp3) is 0.120. The first-order valence-electron chi connectivity index (χ1n) is 10.2. The Morgan fingerprint density at radius 3 is 2.29 bits per heavy atom. The SMILES string of the molecule is C=CCOc1cccc(NCC(=O)Nc2cccc(C(=O)Nc3cccc(C(F)(F)F)c3)c2)c1. The van der Waals surface area contributed by atoms with Gasteiger partial charge in [0.25, 0.3) is 5.91 Å². The standard InChI is InChI=1S/C25H22F3N3O3/c1-2-12-34-22-11-5-8-19(15-22)29-16-23(32)30-20-9-3-6-17(13-20)24(33)31-21-10-4-7-18(14-21)25(26,27)28/h2-11,13-15,29H,1,12,16H2,(H,30,32)(H,31,33). The molecule has 0 aliphatic heterocycles. The molecule has 9 heteroatoms. The van der Waals surface area contributed by atoms with E-state index in [9.17, 15) is 22.8 Å². The summed E-state index contributed by atoms with van der Waals surface area (Å²) < 4.78 is 44.1. The molecule has 3 N–H and O–H groups in total. The van der Waals surface area contributed by atoms with Crippen LogP contribution in [0.1, 0.15) is 15.9 Å². The number of benzene rings is 3. The number of alkyl halides is 3. The summed E-state index contributed by atoms with van der Waals surface area (Å²) in [5.41, 5.74) is 0.377. The van der Waals surface area contributed by atoms with Crippen LogP contribution >= 0.6 is 0 Å². The molecule has 3 rings (SSSR count). The van der Waals surface area contributed by atoms with Gasteiger partial charge in [-0.05, 0) is 48.5 Å². The summed E-state index contributed by atoms with van der Waals surface area (Å²) in [5.74, 6) is -0.331. The zero-order chi connectivity index (χ0) is 24.6. The highest BCUT2D eigenvalue weighted by Gasteiger charge is 2.30. The zero-order valence-corrected chi connectivity index (χ0v) is 18.0. The van der Waals surface area contributed by atoms with Gasteiger partial charge in [0.15, 0.2) is 0 Å². The number of carbonyl (C=O) groups excluding carboxylic acids is 2. The van der Waals surface area contributed by atoms with Crippen molar-refractivity contribution in [2.75, 3.05) is 29.1 Å². The highest BCUT2D eigenvalue weighted by atomic mass is 19.4. The summed E-state index contributed by atoms with van der Waals surface area (Å²) in [7, 11) is 0. The van der Waals surface area contributed by atoms with Crippen molar-refractivity contribution in [3.63, 3.8) is 0 Å². The Morgan fingerprint density at radius 2 is 1.56 bits per heavy atom. The molecule has 2 amide bonds. The minimum absolute atomic E-state index is 0.0118. The van der Waals surface area contributed by atoms with Crippen LogP contribution in [0.25, 0.3) is 0 Å². The number of nitrogens with one attached hydrogen (secondary N) is 3. The molecule has 0 aliphatic carbocycles. The van der Waals surface area contributed by atoms with E-state index in [4.69, 9.17) is 4.74 Å². The second kappa shape index (κ2) is 11.0. The van der Waals surface area contributed by atoms with Gasteiger partial charge in [-0.1, -0.05) is 30.9 Å². The fourth-order valence-electron chi connectivity index (χ4n) is 2.95. The number of carbonyl (C=O) groups is 2. The maximum atomic E-state index is 12.9. The molecule has 3 aromatic carbocycles. The molecule has 0 aliphatic rings. The number of anilines is 3. The quantitative estimate of drug-likeness (QED) is 0.358. The van der Waals surface area contributed by atoms with Crippen molar-refractivity contribution in [1.82, 2.24) is 0 Å². The Labute approximate surface area is 194 Å². The normalized spacial score (nSPS) is 10.8. The highest BCUT2D eigenvalue weighted by Crippen LogP contribution is 2.30. The maximum Gasteiger partial charge on any atom is 0.416 e. The van der Waals surface area contributed by atoms with Gasteiger partial charge >= 0.3 is 6.18 Å². The minimum atomic E-state index is -4.51. The number of rotatable bonds is 9. The van der Waals surface area contributed by atoms with Crippen molar-refractivity contribution < 1.29 is 27.5 Å². The topological polar surface area (TPSA) is 79.5 Å². The van der Waals surface area contributed by atoms with Gasteiger partial charge in [-0.15, -0.1) is 0 Å². The fourth-order valence-corrected chi connectivity index (χ4v) is 2.95. The maximum absolute atomic E-state index is 12.9. The molecule has 0 spiro atoms. The minimum Gasteiger partial charge on any atom is -0.489 e. The molecule has 0 saturated heterocycles. The Balaban J connectivity index is 1.58. The van der Waals surface area contributed by atoms with Gasteiger partial charge in [-0.3, -0.25) is 9.59 Å². The third kappa shape index (κ3) is 7.13. The largest absolute Gasteiger partial charge is 0.489 e. The van der Waals surface area contributed by atoms with Crippen LogP contribution in [0.5, 0.6) is 5.75 Å². The van der Waals surface area contributed by atoms with E-state index in [1.54, 1.807) is 42.5 Å². The van der Waals surface area contributed by atoms with Crippen LogP contribution in [-0.4, -0.2) is 25.0 Å². The molecule has 0 saturated carbocycles. The van der Waals surface area contributed by atoms with Crippen molar-refractivity contribution in [2.45, 2.75) is 6.18 Å². The first-order chi connectivity index (χ1) is 16.2. The van der Waals surface area contributed by atoms with Crippen LogP contribution < -0.4 is 20.7 Å². The van der Waals surface area contributed by atoms with Crippen LogP contribution in [-0.2, 0) is 11.0 Å². The lowest BCUT2D eigenvalue weighted by Gasteiger charge is -2.11. The second-order valence-corrected chi connectivity index (χ2v) is 7.14. The molecule has 0 unspecified atom stereocenters. The van der Waals surface area contributed by atoms with Crippen molar-refractivity contribution in [3.05, 3.63) is 96.6 Å². The third-order valence-corrected chi connectivity index (χ3v) is 4.51. The van der Waals surface area contributed by atoms with Gasteiger partial charge in [0.1, 0.15) is 12.4 Å². The third-order valence-electron chi connectivity index (χ3n) is 4.51. The van der Waals surface area contributed by atoms with E-state index in [1.807, 2.05) is 0 Å². The summed E-state index contributed by atoms with van der Waals surface area (Å²) in [4.78, 5) is 24.8. The van der Waals surface area contributed by atoms with E-state index >= 15 is 0 Å². The molecule has 34 heavy (non-hydrogen) atoms. The smallest absolute Gasteiger partial charge is 0.416 e. The first kappa shape index (κ1) is 24.4. The van der Waals surface area contributed by atoms with Crippen LogP contribution in [0.15, 0.2) is 85.5 Å². The zero-order valence-electron chi connectivity index (χ0n) is 18.0. The summed E-state index contributed by atoms with van der Waals surface area (Å²) >= 11 is 0. The molecule has 6 nitrogen and oxygen atoms in total. The van der Waals surface area contributed by atoms with Crippen molar-refractivity contribution in [3.8, 4) is 5.75 Å². The van der Waals surface area contributed by atoms with E-state index in [1.165, 1.54) is 24.3 Å². The number of halogens is 3. The lowest BCUT2D eigenvalue weighted by Crippen LogP contribution is -2.22. The Kier molecular flexibility index (Phi) is 7.92. The van der Waals surface area contributed by atoms with E-state index in [0.717, 1.165) is 12.1 Å². The first-order valence-corrected chi connectivity index (χ1v) is 10.2. The lowest BCUT2D eigenvalue weighted by atomic mass is 10.1. The van der Waals surface area contributed by atoms with Crippen LogP contribution in [0.3, 0.4) is 0 Å². The van der Waals surface area contributed by atoms with E-state index < -0.39 is 17.6 Å². The average molecular weight is 469 g/mol. The number of amides is 2. The average Bonchev–Trinajstić information content (AvgIpc) is 2.81. The van der Waals surface area contributed by atoms with E-state index in [2.05, 4.69) is 22.5 Å². The summed E-state index contributed by atoms with van der Waals surface area (Å²) in [6, 6.07) is 17.5. The van der Waals surface area contributed by atoms with Crippen LogP contribution in [0, 0.1) is 0 Å². The van der Waals surface area contributed by atoms with Gasteiger partial charge in [-0.25, -0.2) is 0 Å². The molecule has 0 radical (unpaired) electrons. The molecule has 0 heterocycles. The van der Waals surface area contributed by atoms with Gasteiger partial charge < -0.3 is 20.7 Å². The highest BCUT2D eigenvalue weighted by molar-refractivity contribution is 6.05. The van der Waals surface area contributed by atoms with E-state index in [-0.39, 0.29) is 23.7 Å². The van der Waals surface area contributed by atoms with Crippen molar-refractivity contribution in [2.24, 2.45) is 0 Å².